The third kappa shape index (κ3) is 2.27. The van der Waals surface area contributed by atoms with Crippen LogP contribution in [0.15, 0.2) is 0 Å². The number of amides is 1. The van der Waals surface area contributed by atoms with Crippen molar-refractivity contribution in [3.05, 3.63) is 0 Å². The van der Waals surface area contributed by atoms with Crippen molar-refractivity contribution in [1.82, 2.24) is 10.2 Å². The first-order valence-corrected chi connectivity index (χ1v) is 5.59. The molecule has 0 spiro atoms. The molecule has 1 atom stereocenters. The molecule has 3 nitrogen and oxygen atoms in total. The van der Waals surface area contributed by atoms with Crippen molar-refractivity contribution in [1.29, 1.82) is 0 Å². The highest BCUT2D eigenvalue weighted by Gasteiger charge is 2.35. The van der Waals surface area contributed by atoms with E-state index >= 15 is 0 Å². The van der Waals surface area contributed by atoms with E-state index in [-0.39, 0.29) is 5.54 Å². The van der Waals surface area contributed by atoms with E-state index in [1.807, 2.05) is 14.0 Å². The molecule has 0 aromatic heterocycles. The van der Waals surface area contributed by atoms with Crippen LogP contribution in [0.3, 0.4) is 0 Å². The predicted octanol–water partition coefficient (Wildman–Crippen LogP) is 1.39. The fourth-order valence-corrected chi connectivity index (χ4v) is 2.36. The van der Waals surface area contributed by atoms with Crippen molar-refractivity contribution < 1.29 is 4.79 Å². The highest BCUT2D eigenvalue weighted by atomic mass is 16.2. The molecule has 1 heterocycles. The van der Waals surface area contributed by atoms with E-state index in [1.54, 1.807) is 0 Å². The van der Waals surface area contributed by atoms with Gasteiger partial charge in [-0.25, -0.2) is 0 Å². The monoisotopic (exact) mass is 198 g/mol. The third-order valence-corrected chi connectivity index (χ3v) is 3.16. The normalized spacial score (nSPS) is 27.8. The Morgan fingerprint density at radius 3 is 2.79 bits per heavy atom. The smallest absolute Gasteiger partial charge is 0.222 e. The molecule has 1 N–H and O–H groups in total. The Morgan fingerprint density at radius 2 is 2.21 bits per heavy atom. The Bertz CT molecular complexity index is 201. The summed E-state index contributed by atoms with van der Waals surface area (Å²) in [5, 5.41) is 3.19. The predicted molar refractivity (Wildman–Crippen MR) is 58.2 cm³/mol. The van der Waals surface area contributed by atoms with Gasteiger partial charge in [0.05, 0.1) is 5.54 Å². The second kappa shape index (κ2) is 4.78. The Labute approximate surface area is 86.9 Å². The maximum atomic E-state index is 11.8. The summed E-state index contributed by atoms with van der Waals surface area (Å²) in [6, 6.07) is 0. The van der Waals surface area contributed by atoms with E-state index in [2.05, 4.69) is 17.1 Å². The van der Waals surface area contributed by atoms with Crippen LogP contribution in [-0.2, 0) is 4.79 Å². The van der Waals surface area contributed by atoms with E-state index < -0.39 is 0 Å². The summed E-state index contributed by atoms with van der Waals surface area (Å²) in [5.41, 5.74) is 0.0418. The van der Waals surface area contributed by atoms with E-state index in [1.165, 1.54) is 6.42 Å². The van der Waals surface area contributed by atoms with Crippen LogP contribution in [0.1, 0.15) is 39.5 Å². The molecule has 0 saturated carbocycles. The van der Waals surface area contributed by atoms with Gasteiger partial charge in [-0.1, -0.05) is 6.92 Å². The maximum Gasteiger partial charge on any atom is 0.222 e. The van der Waals surface area contributed by atoms with Crippen molar-refractivity contribution in [2.75, 3.05) is 20.1 Å². The summed E-state index contributed by atoms with van der Waals surface area (Å²) < 4.78 is 0. The Hall–Kier alpha value is -0.570. The van der Waals surface area contributed by atoms with Crippen LogP contribution in [0.2, 0.25) is 0 Å². The van der Waals surface area contributed by atoms with E-state index in [0.29, 0.717) is 12.3 Å². The second-order valence-corrected chi connectivity index (χ2v) is 4.38. The number of hydrogen-bond acceptors (Lipinski definition) is 2. The SMILES string of the molecule is CCC(=O)N1CCCCC1(C)CNC. The van der Waals surface area contributed by atoms with Crippen LogP contribution < -0.4 is 5.32 Å². The molecule has 3 heteroatoms. The summed E-state index contributed by atoms with van der Waals surface area (Å²) in [7, 11) is 1.95. The summed E-state index contributed by atoms with van der Waals surface area (Å²) in [5.74, 6) is 0.294. The Balaban J connectivity index is 2.72. The zero-order valence-electron chi connectivity index (χ0n) is 9.60. The molecule has 1 aliphatic rings. The first-order chi connectivity index (χ1) is 6.64. The number of hydrogen-bond donors (Lipinski definition) is 1. The molecule has 1 fully saturated rings. The summed E-state index contributed by atoms with van der Waals surface area (Å²) in [6.45, 7) is 5.97. The fraction of sp³-hybridized carbons (Fsp3) is 0.909. The molecule has 1 saturated heterocycles. The number of carbonyl (C=O) groups excluding carboxylic acids is 1. The first-order valence-electron chi connectivity index (χ1n) is 5.59. The Morgan fingerprint density at radius 1 is 1.50 bits per heavy atom. The van der Waals surface area contributed by atoms with Crippen LogP contribution in [0.4, 0.5) is 0 Å². The molecule has 0 aliphatic carbocycles. The minimum atomic E-state index is 0.0418. The van der Waals surface area contributed by atoms with Gasteiger partial charge in [0, 0.05) is 19.5 Å². The number of likely N-dealkylation sites (tertiary alicyclic amines) is 1. The standard InChI is InChI=1S/C11H22N2O/c1-4-10(14)13-8-6-5-7-11(13,2)9-12-3/h12H,4-9H2,1-3H3. The summed E-state index contributed by atoms with van der Waals surface area (Å²) >= 11 is 0. The lowest BCUT2D eigenvalue weighted by molar-refractivity contribution is -0.138. The van der Waals surface area contributed by atoms with Gasteiger partial charge < -0.3 is 10.2 Å². The van der Waals surface area contributed by atoms with Gasteiger partial charge in [0.2, 0.25) is 5.91 Å². The van der Waals surface area contributed by atoms with E-state index in [4.69, 9.17) is 0 Å². The number of nitrogens with one attached hydrogen (secondary N) is 1. The minimum Gasteiger partial charge on any atom is -0.336 e. The third-order valence-electron chi connectivity index (χ3n) is 3.16. The largest absolute Gasteiger partial charge is 0.336 e. The van der Waals surface area contributed by atoms with Gasteiger partial charge in [-0.2, -0.15) is 0 Å². The van der Waals surface area contributed by atoms with Gasteiger partial charge in [0.15, 0.2) is 0 Å². The van der Waals surface area contributed by atoms with Gasteiger partial charge in [-0.15, -0.1) is 0 Å². The minimum absolute atomic E-state index is 0.0418. The first kappa shape index (κ1) is 11.5. The lowest BCUT2D eigenvalue weighted by atomic mass is 9.88. The summed E-state index contributed by atoms with van der Waals surface area (Å²) in [4.78, 5) is 13.8. The molecule has 1 unspecified atom stereocenters. The van der Waals surface area contributed by atoms with Gasteiger partial charge in [-0.05, 0) is 33.2 Å². The molecular weight excluding hydrogens is 176 g/mol. The molecule has 1 aliphatic heterocycles. The lowest BCUT2D eigenvalue weighted by Gasteiger charge is -2.45. The van der Waals surface area contributed by atoms with Crippen molar-refractivity contribution in [3.63, 3.8) is 0 Å². The van der Waals surface area contributed by atoms with Gasteiger partial charge in [0.25, 0.3) is 0 Å². The van der Waals surface area contributed by atoms with Crippen molar-refractivity contribution >= 4 is 5.91 Å². The molecular formula is C11H22N2O. The molecule has 1 rings (SSSR count). The lowest BCUT2D eigenvalue weighted by Crippen LogP contribution is -2.57. The molecule has 0 bridgehead atoms. The zero-order valence-corrected chi connectivity index (χ0v) is 9.60. The Kier molecular flexibility index (Phi) is 3.93. The average Bonchev–Trinajstić information content (AvgIpc) is 2.17. The molecule has 82 valence electrons. The number of nitrogens with zero attached hydrogens (tertiary/aromatic N) is 1. The molecule has 0 aromatic rings. The fourth-order valence-electron chi connectivity index (χ4n) is 2.36. The van der Waals surface area contributed by atoms with Crippen LogP contribution in [-0.4, -0.2) is 36.5 Å². The molecule has 0 aromatic carbocycles. The summed E-state index contributed by atoms with van der Waals surface area (Å²) in [6.07, 6.45) is 4.15. The second-order valence-electron chi connectivity index (χ2n) is 4.38. The van der Waals surface area contributed by atoms with Gasteiger partial charge >= 0.3 is 0 Å². The molecule has 14 heavy (non-hydrogen) atoms. The highest BCUT2D eigenvalue weighted by Crippen LogP contribution is 2.27. The highest BCUT2D eigenvalue weighted by molar-refractivity contribution is 5.76. The topological polar surface area (TPSA) is 32.3 Å². The van der Waals surface area contributed by atoms with Crippen LogP contribution >= 0.6 is 0 Å². The van der Waals surface area contributed by atoms with E-state index in [0.717, 1.165) is 25.9 Å². The van der Waals surface area contributed by atoms with Gasteiger partial charge in [-0.3, -0.25) is 4.79 Å². The van der Waals surface area contributed by atoms with Gasteiger partial charge in [0.1, 0.15) is 0 Å². The number of rotatable bonds is 3. The van der Waals surface area contributed by atoms with Crippen LogP contribution in [0, 0.1) is 0 Å². The molecule has 0 radical (unpaired) electrons. The van der Waals surface area contributed by atoms with Crippen LogP contribution in [0.25, 0.3) is 0 Å². The quantitative estimate of drug-likeness (QED) is 0.743. The maximum absolute atomic E-state index is 11.8. The molecule has 1 amide bonds. The van der Waals surface area contributed by atoms with Crippen molar-refractivity contribution in [2.24, 2.45) is 0 Å². The average molecular weight is 198 g/mol. The number of piperidine rings is 1. The number of carbonyl (C=O) groups is 1. The van der Waals surface area contributed by atoms with Crippen molar-refractivity contribution in [2.45, 2.75) is 45.1 Å². The van der Waals surface area contributed by atoms with Crippen LogP contribution in [0.5, 0.6) is 0 Å². The number of likely N-dealkylation sites (N-methyl/N-ethyl adjacent to an activating group) is 1. The zero-order chi connectivity index (χ0) is 10.6. The van der Waals surface area contributed by atoms with Crippen molar-refractivity contribution in [3.8, 4) is 0 Å². The van der Waals surface area contributed by atoms with E-state index in [9.17, 15) is 4.79 Å².